The lowest BCUT2D eigenvalue weighted by Crippen LogP contribution is -2.37. The second-order valence-electron chi connectivity index (χ2n) is 5.81. The molecule has 5 heteroatoms. The fourth-order valence-corrected chi connectivity index (χ4v) is 4.05. The number of hydrogen-bond acceptors (Lipinski definition) is 4. The zero-order chi connectivity index (χ0) is 16.8. The summed E-state index contributed by atoms with van der Waals surface area (Å²) in [5.74, 6) is 0.0824. The Morgan fingerprint density at radius 1 is 1.26 bits per heavy atom. The normalized spacial score (nSPS) is 13.8. The number of hydrogen-bond donors (Lipinski definition) is 1. The molecule has 1 aromatic heterocycles. The number of rotatable bonds is 7. The molecule has 0 saturated heterocycles. The second kappa shape index (κ2) is 8.52. The summed E-state index contributed by atoms with van der Waals surface area (Å²) in [5, 5.41) is 5.05. The van der Waals surface area contributed by atoms with E-state index in [9.17, 15) is 4.79 Å². The van der Waals surface area contributed by atoms with Crippen LogP contribution in [0.3, 0.4) is 0 Å². The number of likely N-dealkylation sites (N-methyl/N-ethyl adjacent to an activating group) is 1. The number of thiophene rings is 1. The summed E-state index contributed by atoms with van der Waals surface area (Å²) < 4.78 is 0. The molecule has 1 heterocycles. The smallest absolute Gasteiger partial charge is 0.233 e. The minimum atomic E-state index is -0.108. The molecule has 2 unspecified atom stereocenters. The Labute approximate surface area is 147 Å². The van der Waals surface area contributed by atoms with E-state index < -0.39 is 0 Å². The number of thioether (sulfide) groups is 1. The molecular formula is C18H24N2OS2. The fourth-order valence-electron chi connectivity index (χ4n) is 2.23. The number of amides is 1. The third kappa shape index (κ3) is 5.37. The number of nitrogens with zero attached hydrogens (tertiary/aromatic N) is 1. The molecule has 0 fully saturated rings. The van der Waals surface area contributed by atoms with Crippen LogP contribution in [0.5, 0.6) is 0 Å². The Balaban J connectivity index is 1.88. The first-order valence-corrected chi connectivity index (χ1v) is 9.44. The van der Waals surface area contributed by atoms with E-state index in [1.165, 1.54) is 10.4 Å². The standard InChI is InChI=1S/C18H24N2OS2/c1-13-7-9-15(10-8-13)23-14(2)18(21)19-12-16(20(3)4)17-6-5-11-22-17/h5-11,14,16H,12H2,1-4H3,(H,19,21). The average Bonchev–Trinajstić information content (AvgIpc) is 3.03. The van der Waals surface area contributed by atoms with Crippen LogP contribution in [-0.2, 0) is 4.79 Å². The largest absolute Gasteiger partial charge is 0.353 e. The predicted octanol–water partition coefficient (Wildman–Crippen LogP) is 3.96. The van der Waals surface area contributed by atoms with E-state index in [1.54, 1.807) is 23.1 Å². The third-order valence-corrected chi connectivity index (χ3v) is 5.75. The number of aryl methyl sites for hydroxylation is 1. The molecule has 1 amide bonds. The van der Waals surface area contributed by atoms with Crippen LogP contribution in [0.4, 0.5) is 0 Å². The molecule has 1 aromatic carbocycles. The molecule has 2 atom stereocenters. The topological polar surface area (TPSA) is 32.3 Å². The molecule has 23 heavy (non-hydrogen) atoms. The highest BCUT2D eigenvalue weighted by molar-refractivity contribution is 8.00. The summed E-state index contributed by atoms with van der Waals surface area (Å²) in [6, 6.07) is 12.7. The van der Waals surface area contributed by atoms with Gasteiger partial charge in [0, 0.05) is 16.3 Å². The number of carbonyl (C=O) groups excluding carboxylic acids is 1. The first kappa shape index (κ1) is 18.0. The van der Waals surface area contributed by atoms with Crippen molar-refractivity contribution in [2.75, 3.05) is 20.6 Å². The van der Waals surface area contributed by atoms with Crippen molar-refractivity contribution in [3.63, 3.8) is 0 Å². The lowest BCUT2D eigenvalue weighted by atomic mass is 10.2. The van der Waals surface area contributed by atoms with Crippen molar-refractivity contribution in [2.45, 2.75) is 30.0 Å². The van der Waals surface area contributed by atoms with Crippen molar-refractivity contribution in [3.8, 4) is 0 Å². The molecule has 2 rings (SSSR count). The van der Waals surface area contributed by atoms with Gasteiger partial charge in [0.05, 0.1) is 11.3 Å². The van der Waals surface area contributed by atoms with Crippen molar-refractivity contribution in [2.24, 2.45) is 0 Å². The maximum atomic E-state index is 12.4. The Morgan fingerprint density at radius 3 is 2.52 bits per heavy atom. The summed E-state index contributed by atoms with van der Waals surface area (Å²) in [4.78, 5) is 16.9. The summed E-state index contributed by atoms with van der Waals surface area (Å²) in [6.07, 6.45) is 0. The maximum Gasteiger partial charge on any atom is 0.233 e. The molecule has 3 nitrogen and oxygen atoms in total. The van der Waals surface area contributed by atoms with E-state index in [0.29, 0.717) is 6.54 Å². The number of carbonyl (C=O) groups is 1. The molecular weight excluding hydrogens is 324 g/mol. The summed E-state index contributed by atoms with van der Waals surface area (Å²) in [6.45, 7) is 4.65. The van der Waals surface area contributed by atoms with Gasteiger partial charge in [-0.15, -0.1) is 23.1 Å². The van der Waals surface area contributed by atoms with E-state index in [0.717, 1.165) is 4.90 Å². The van der Waals surface area contributed by atoms with Gasteiger partial charge in [-0.05, 0) is 51.5 Å². The van der Waals surface area contributed by atoms with Crippen molar-refractivity contribution in [1.29, 1.82) is 0 Å². The van der Waals surface area contributed by atoms with Gasteiger partial charge in [-0.2, -0.15) is 0 Å². The molecule has 0 spiro atoms. The maximum absolute atomic E-state index is 12.4. The first-order valence-electron chi connectivity index (χ1n) is 7.68. The lowest BCUT2D eigenvalue weighted by molar-refractivity contribution is -0.120. The van der Waals surface area contributed by atoms with Crippen LogP contribution < -0.4 is 5.32 Å². The van der Waals surface area contributed by atoms with Crippen LogP contribution >= 0.6 is 23.1 Å². The van der Waals surface area contributed by atoms with Crippen molar-refractivity contribution >= 4 is 29.0 Å². The summed E-state index contributed by atoms with van der Waals surface area (Å²) >= 11 is 3.32. The van der Waals surface area contributed by atoms with Crippen LogP contribution in [0.2, 0.25) is 0 Å². The van der Waals surface area contributed by atoms with Gasteiger partial charge < -0.3 is 10.2 Å². The van der Waals surface area contributed by atoms with E-state index in [2.05, 4.69) is 52.9 Å². The molecule has 1 N–H and O–H groups in total. The summed E-state index contributed by atoms with van der Waals surface area (Å²) in [5.41, 5.74) is 1.23. The monoisotopic (exact) mass is 348 g/mol. The molecule has 0 aliphatic heterocycles. The van der Waals surface area contributed by atoms with Crippen LogP contribution in [0.15, 0.2) is 46.7 Å². The predicted molar refractivity (Wildman–Crippen MR) is 100 cm³/mol. The lowest BCUT2D eigenvalue weighted by Gasteiger charge is -2.24. The molecule has 2 aromatic rings. The third-order valence-electron chi connectivity index (χ3n) is 3.67. The Hall–Kier alpha value is -1.30. The molecule has 0 aliphatic rings. The van der Waals surface area contributed by atoms with Gasteiger partial charge in [-0.25, -0.2) is 0 Å². The molecule has 0 radical (unpaired) electrons. The van der Waals surface area contributed by atoms with Crippen molar-refractivity contribution in [1.82, 2.24) is 10.2 Å². The van der Waals surface area contributed by atoms with E-state index in [4.69, 9.17) is 0 Å². The Bertz CT molecular complexity index is 608. The van der Waals surface area contributed by atoms with Gasteiger partial charge in [-0.3, -0.25) is 4.79 Å². The van der Waals surface area contributed by atoms with Crippen LogP contribution in [0.1, 0.15) is 23.4 Å². The van der Waals surface area contributed by atoms with Gasteiger partial charge in [0.1, 0.15) is 0 Å². The van der Waals surface area contributed by atoms with Gasteiger partial charge in [0.2, 0.25) is 5.91 Å². The second-order valence-corrected chi connectivity index (χ2v) is 8.21. The highest BCUT2D eigenvalue weighted by Gasteiger charge is 2.19. The molecule has 0 bridgehead atoms. The van der Waals surface area contributed by atoms with Gasteiger partial charge in [0.25, 0.3) is 0 Å². The summed E-state index contributed by atoms with van der Waals surface area (Å²) in [7, 11) is 4.09. The van der Waals surface area contributed by atoms with Gasteiger partial charge >= 0.3 is 0 Å². The van der Waals surface area contributed by atoms with Crippen molar-refractivity contribution < 1.29 is 4.79 Å². The van der Waals surface area contributed by atoms with Crippen LogP contribution in [-0.4, -0.2) is 36.7 Å². The Morgan fingerprint density at radius 2 is 1.96 bits per heavy atom. The minimum absolute atomic E-state index is 0.0824. The fraction of sp³-hybridized carbons (Fsp3) is 0.389. The van der Waals surface area contributed by atoms with E-state index in [1.807, 2.05) is 27.1 Å². The van der Waals surface area contributed by atoms with Crippen LogP contribution in [0.25, 0.3) is 0 Å². The Kier molecular flexibility index (Phi) is 6.69. The highest BCUT2D eigenvalue weighted by Crippen LogP contribution is 2.25. The van der Waals surface area contributed by atoms with Crippen LogP contribution in [0, 0.1) is 6.92 Å². The minimum Gasteiger partial charge on any atom is -0.353 e. The highest BCUT2D eigenvalue weighted by atomic mass is 32.2. The molecule has 0 saturated carbocycles. The molecule has 0 aliphatic carbocycles. The van der Waals surface area contributed by atoms with Crippen molar-refractivity contribution in [3.05, 3.63) is 52.2 Å². The zero-order valence-corrected chi connectivity index (χ0v) is 15.7. The molecule has 124 valence electrons. The first-order chi connectivity index (χ1) is 11.0. The van der Waals surface area contributed by atoms with E-state index >= 15 is 0 Å². The zero-order valence-electron chi connectivity index (χ0n) is 14.1. The van der Waals surface area contributed by atoms with Gasteiger partial charge in [0.15, 0.2) is 0 Å². The number of nitrogens with one attached hydrogen (secondary N) is 1. The van der Waals surface area contributed by atoms with Gasteiger partial charge in [-0.1, -0.05) is 23.8 Å². The van der Waals surface area contributed by atoms with E-state index in [-0.39, 0.29) is 17.2 Å². The quantitative estimate of drug-likeness (QED) is 0.769. The SMILES string of the molecule is Cc1ccc(SC(C)C(=O)NCC(c2cccs2)N(C)C)cc1. The number of benzene rings is 1. The average molecular weight is 349 g/mol.